The van der Waals surface area contributed by atoms with Gasteiger partial charge >= 0.3 is 0 Å². The molecule has 6 rings (SSSR count). The van der Waals surface area contributed by atoms with Gasteiger partial charge in [-0.05, 0) is 67.7 Å². The van der Waals surface area contributed by atoms with Crippen molar-refractivity contribution in [2.45, 2.75) is 68.8 Å². The van der Waals surface area contributed by atoms with Crippen molar-refractivity contribution in [2.24, 2.45) is 28.6 Å². The molecule has 6 heteroatoms. The number of aliphatic hydroxyl groups is 2. The fourth-order valence-electron chi connectivity index (χ4n) is 8.46. The third-order valence-electron chi connectivity index (χ3n) is 10.2. The Kier molecular flexibility index (Phi) is 4.67. The molecule has 0 spiro atoms. The first-order chi connectivity index (χ1) is 16.0. The summed E-state index contributed by atoms with van der Waals surface area (Å²) in [5.41, 5.74) is -1.53. The second kappa shape index (κ2) is 6.97. The molecule has 1 saturated heterocycles. The first kappa shape index (κ1) is 22.8. The quantitative estimate of drug-likeness (QED) is 0.490. The summed E-state index contributed by atoms with van der Waals surface area (Å²) in [6, 6.07) is 9.48. The fourth-order valence-corrected chi connectivity index (χ4v) is 8.98. The van der Waals surface area contributed by atoms with E-state index >= 15 is 0 Å². The Labute approximate surface area is 205 Å². The number of ketones is 1. The third-order valence-corrected chi connectivity index (χ3v) is 11.2. The molecule has 2 N–H and O–H groups in total. The number of fused-ring (bicyclic) bond motifs is 5. The van der Waals surface area contributed by atoms with Crippen LogP contribution in [0.4, 0.5) is 0 Å². The maximum absolute atomic E-state index is 12.5. The molecular weight excluding hydrogens is 452 g/mol. The van der Waals surface area contributed by atoms with E-state index in [-0.39, 0.29) is 23.5 Å². The van der Waals surface area contributed by atoms with E-state index in [1.165, 1.54) is 0 Å². The molecule has 4 fully saturated rings. The molecule has 5 aliphatic rings. The van der Waals surface area contributed by atoms with E-state index in [2.05, 4.69) is 20.8 Å². The monoisotopic (exact) mass is 484 g/mol. The molecule has 9 atom stereocenters. The van der Waals surface area contributed by atoms with E-state index in [1.54, 1.807) is 12.2 Å². The molecular formula is C28H33ClO5. The molecule has 3 saturated carbocycles. The number of epoxide rings is 1. The van der Waals surface area contributed by atoms with Gasteiger partial charge in [-0.1, -0.05) is 50.6 Å². The van der Waals surface area contributed by atoms with Gasteiger partial charge in [-0.2, -0.15) is 0 Å². The molecule has 34 heavy (non-hydrogen) atoms. The van der Waals surface area contributed by atoms with E-state index in [0.29, 0.717) is 18.8 Å². The maximum atomic E-state index is 12.5. The highest BCUT2D eigenvalue weighted by Gasteiger charge is 2.81. The number of benzene rings is 1. The number of ether oxygens (including phenoxy) is 2. The lowest BCUT2D eigenvalue weighted by molar-refractivity contribution is -0.231. The second-order valence-electron chi connectivity index (χ2n) is 11.6. The van der Waals surface area contributed by atoms with Gasteiger partial charge in [0.1, 0.15) is 18.0 Å². The SMILES string of the molecule is C[C@H]1C[C@H]2[C@@H]3CCC4=CC(=O)C=C[C@]4(C)[C@@]3(Cl)[C@@H](O)C[C@]2(C)[C@@]1(O)[C@]1(Oc2ccccc2)CO1. The standard InChI is InChI=1S/C28H33ClO5/c1-17-13-22-21-10-9-18-14-19(30)11-12-24(18,2)27(21,29)23(31)15-25(22,3)28(17,32)26(16-33-26)34-20-7-5-4-6-8-20/h4-8,11-12,14,17,21-23,31-32H,9-10,13,15-16H2,1-3H3/t17-,21-,22-,23-,24-,25-,26+,27-,28+/m0/s1. The Hall–Kier alpha value is -1.66. The van der Waals surface area contributed by atoms with Crippen LogP contribution in [0.2, 0.25) is 0 Å². The number of carbonyl (C=O) groups is 1. The number of hydrogen-bond acceptors (Lipinski definition) is 5. The zero-order chi connectivity index (χ0) is 24.1. The largest absolute Gasteiger partial charge is 0.457 e. The predicted octanol–water partition coefficient (Wildman–Crippen LogP) is 4.41. The Morgan fingerprint density at radius 1 is 1.18 bits per heavy atom. The summed E-state index contributed by atoms with van der Waals surface area (Å²) in [6.07, 6.45) is 6.99. The van der Waals surface area contributed by atoms with E-state index in [1.807, 2.05) is 36.4 Å². The van der Waals surface area contributed by atoms with Crippen LogP contribution in [0.15, 0.2) is 54.1 Å². The van der Waals surface area contributed by atoms with E-state index < -0.39 is 33.2 Å². The van der Waals surface area contributed by atoms with Crippen molar-refractivity contribution in [1.82, 2.24) is 0 Å². The highest BCUT2D eigenvalue weighted by Crippen LogP contribution is 2.73. The number of rotatable bonds is 3. The number of carbonyl (C=O) groups excluding carboxylic acids is 1. The minimum atomic E-state index is -1.28. The molecule has 5 nitrogen and oxygen atoms in total. The van der Waals surface area contributed by atoms with Gasteiger partial charge < -0.3 is 19.7 Å². The molecule has 4 aliphatic carbocycles. The van der Waals surface area contributed by atoms with E-state index in [9.17, 15) is 15.0 Å². The van der Waals surface area contributed by atoms with Crippen LogP contribution in [0.5, 0.6) is 5.75 Å². The number of para-hydroxylation sites is 1. The molecule has 182 valence electrons. The molecule has 0 amide bonds. The highest BCUT2D eigenvalue weighted by molar-refractivity contribution is 6.26. The summed E-state index contributed by atoms with van der Waals surface area (Å²) in [4.78, 5) is 11.2. The molecule has 1 aromatic carbocycles. The first-order valence-electron chi connectivity index (χ1n) is 12.4. The summed E-state index contributed by atoms with van der Waals surface area (Å²) in [5.74, 6) is -0.536. The fraction of sp³-hybridized carbons (Fsp3) is 0.607. The van der Waals surface area contributed by atoms with Crippen LogP contribution in [0.25, 0.3) is 0 Å². The molecule has 0 unspecified atom stereocenters. The first-order valence-corrected chi connectivity index (χ1v) is 12.8. The molecule has 1 heterocycles. The average Bonchev–Trinajstić information content (AvgIpc) is 3.55. The summed E-state index contributed by atoms with van der Waals surface area (Å²) in [5, 5.41) is 24.3. The Balaban J connectivity index is 1.41. The van der Waals surface area contributed by atoms with Gasteiger partial charge in [0.15, 0.2) is 5.78 Å². The Bertz CT molecular complexity index is 1100. The van der Waals surface area contributed by atoms with Crippen molar-refractivity contribution in [1.29, 1.82) is 0 Å². The summed E-state index contributed by atoms with van der Waals surface area (Å²) in [7, 11) is 0. The zero-order valence-electron chi connectivity index (χ0n) is 20.0. The van der Waals surface area contributed by atoms with Gasteiger partial charge in [0.25, 0.3) is 5.79 Å². The molecule has 1 aliphatic heterocycles. The van der Waals surface area contributed by atoms with Crippen molar-refractivity contribution in [3.8, 4) is 5.75 Å². The Morgan fingerprint density at radius 3 is 2.56 bits per heavy atom. The topological polar surface area (TPSA) is 79.3 Å². The van der Waals surface area contributed by atoms with E-state index in [4.69, 9.17) is 21.1 Å². The van der Waals surface area contributed by atoms with Gasteiger partial charge in [0.05, 0.1) is 11.0 Å². The average molecular weight is 485 g/mol. The van der Waals surface area contributed by atoms with Crippen molar-refractivity contribution < 1.29 is 24.5 Å². The summed E-state index contributed by atoms with van der Waals surface area (Å²) >= 11 is 7.52. The smallest absolute Gasteiger partial charge is 0.264 e. The van der Waals surface area contributed by atoms with Crippen molar-refractivity contribution >= 4 is 17.4 Å². The highest BCUT2D eigenvalue weighted by atomic mass is 35.5. The van der Waals surface area contributed by atoms with Crippen LogP contribution in [-0.2, 0) is 9.53 Å². The van der Waals surface area contributed by atoms with Crippen LogP contribution in [0.1, 0.15) is 46.5 Å². The maximum Gasteiger partial charge on any atom is 0.264 e. The van der Waals surface area contributed by atoms with Crippen LogP contribution < -0.4 is 4.74 Å². The normalized spacial score (nSPS) is 51.2. The number of aliphatic hydroxyl groups excluding tert-OH is 1. The van der Waals surface area contributed by atoms with Crippen LogP contribution in [0.3, 0.4) is 0 Å². The number of hydrogen-bond donors (Lipinski definition) is 2. The minimum Gasteiger partial charge on any atom is -0.457 e. The molecule has 1 aromatic rings. The van der Waals surface area contributed by atoms with Gasteiger partial charge in [0, 0.05) is 10.8 Å². The second-order valence-corrected chi connectivity index (χ2v) is 12.2. The molecule has 0 aromatic heterocycles. The van der Waals surface area contributed by atoms with Crippen LogP contribution >= 0.6 is 11.6 Å². The third kappa shape index (κ3) is 2.54. The van der Waals surface area contributed by atoms with Crippen molar-refractivity contribution in [3.05, 3.63) is 54.1 Å². The van der Waals surface area contributed by atoms with Gasteiger partial charge in [0.2, 0.25) is 0 Å². The zero-order valence-corrected chi connectivity index (χ0v) is 20.7. The lowest BCUT2D eigenvalue weighted by Crippen LogP contribution is -2.70. The van der Waals surface area contributed by atoms with Gasteiger partial charge in [-0.25, -0.2) is 0 Å². The summed E-state index contributed by atoms with van der Waals surface area (Å²) < 4.78 is 12.3. The van der Waals surface area contributed by atoms with Gasteiger partial charge in [-0.3, -0.25) is 4.79 Å². The molecule has 0 bridgehead atoms. The van der Waals surface area contributed by atoms with Crippen LogP contribution in [0, 0.1) is 28.6 Å². The van der Waals surface area contributed by atoms with Gasteiger partial charge in [-0.15, -0.1) is 11.6 Å². The number of allylic oxidation sites excluding steroid dienone is 4. The number of alkyl halides is 1. The lowest BCUT2D eigenvalue weighted by atomic mass is 9.45. The van der Waals surface area contributed by atoms with Crippen molar-refractivity contribution in [2.75, 3.05) is 6.61 Å². The van der Waals surface area contributed by atoms with Crippen LogP contribution in [-0.4, -0.2) is 45.0 Å². The minimum absolute atomic E-state index is 0.0175. The Morgan fingerprint density at radius 2 is 1.88 bits per heavy atom. The predicted molar refractivity (Wildman–Crippen MR) is 128 cm³/mol. The number of halogens is 1. The lowest BCUT2D eigenvalue weighted by Gasteiger charge is -2.64. The van der Waals surface area contributed by atoms with Crippen molar-refractivity contribution in [3.63, 3.8) is 0 Å². The van der Waals surface area contributed by atoms with E-state index in [0.717, 1.165) is 24.8 Å². The molecule has 0 radical (unpaired) electrons. The summed E-state index contributed by atoms with van der Waals surface area (Å²) in [6.45, 7) is 6.53.